The SMILES string of the molecule is Cc1ccc(NC(=O)CSc2nnc(-c3cc4occc4n3C)n2-c2ccccc2C)cc1C. The number of fused-ring (bicyclic) bond motifs is 1. The molecule has 34 heavy (non-hydrogen) atoms. The van der Waals surface area contributed by atoms with E-state index in [0.29, 0.717) is 11.0 Å². The number of rotatable bonds is 6. The fraction of sp³-hybridized carbons (Fsp3) is 0.192. The fourth-order valence-corrected chi connectivity index (χ4v) is 4.72. The molecule has 5 rings (SSSR count). The van der Waals surface area contributed by atoms with Crippen LogP contribution in [0.2, 0.25) is 0 Å². The predicted molar refractivity (Wildman–Crippen MR) is 136 cm³/mol. The second-order valence-electron chi connectivity index (χ2n) is 8.32. The number of carbonyl (C=O) groups excluding carboxylic acids is 1. The topological polar surface area (TPSA) is 77.9 Å². The van der Waals surface area contributed by atoms with Crippen LogP contribution in [0.1, 0.15) is 16.7 Å². The van der Waals surface area contributed by atoms with E-state index in [0.717, 1.165) is 39.3 Å². The molecule has 1 N–H and O–H groups in total. The first-order chi connectivity index (χ1) is 16.4. The molecule has 0 unspecified atom stereocenters. The minimum Gasteiger partial charge on any atom is -0.463 e. The molecule has 3 aromatic heterocycles. The Hall–Kier alpha value is -3.78. The van der Waals surface area contributed by atoms with Crippen LogP contribution in [0.5, 0.6) is 0 Å². The van der Waals surface area contributed by atoms with Crippen LogP contribution in [0, 0.1) is 20.8 Å². The Balaban J connectivity index is 1.47. The highest BCUT2D eigenvalue weighted by atomic mass is 32.2. The van der Waals surface area contributed by atoms with Crippen LogP contribution in [0.3, 0.4) is 0 Å². The van der Waals surface area contributed by atoms with Gasteiger partial charge < -0.3 is 14.3 Å². The minimum absolute atomic E-state index is 0.0921. The van der Waals surface area contributed by atoms with Gasteiger partial charge in [0.1, 0.15) is 0 Å². The summed E-state index contributed by atoms with van der Waals surface area (Å²) in [5.74, 6) is 0.817. The number of carbonyl (C=O) groups is 1. The third-order valence-corrected chi connectivity index (χ3v) is 6.93. The second-order valence-corrected chi connectivity index (χ2v) is 9.27. The number of aryl methyl sites for hydroxylation is 4. The highest BCUT2D eigenvalue weighted by Crippen LogP contribution is 2.32. The van der Waals surface area contributed by atoms with Gasteiger partial charge >= 0.3 is 0 Å². The molecule has 0 bridgehead atoms. The molecule has 3 heterocycles. The molecular formula is C26H25N5O2S. The smallest absolute Gasteiger partial charge is 0.234 e. The second kappa shape index (κ2) is 8.87. The van der Waals surface area contributed by atoms with Gasteiger partial charge in [-0.25, -0.2) is 0 Å². The Morgan fingerprint density at radius 1 is 1.00 bits per heavy atom. The van der Waals surface area contributed by atoms with Crippen molar-refractivity contribution >= 4 is 34.5 Å². The number of aromatic nitrogens is 4. The number of hydrogen-bond acceptors (Lipinski definition) is 5. The monoisotopic (exact) mass is 471 g/mol. The van der Waals surface area contributed by atoms with E-state index in [9.17, 15) is 4.79 Å². The largest absolute Gasteiger partial charge is 0.463 e. The molecule has 172 valence electrons. The highest BCUT2D eigenvalue weighted by molar-refractivity contribution is 7.99. The Morgan fingerprint density at radius 2 is 1.82 bits per heavy atom. The standard InChI is InChI=1S/C26H25N5O2S/c1-16-9-10-19(13-18(16)3)27-24(32)15-34-26-29-28-25(31(26)20-8-6-5-7-17(20)2)22-14-23-21(30(22)4)11-12-33-23/h5-14H,15H2,1-4H3,(H,27,32). The molecule has 0 aliphatic carbocycles. The lowest BCUT2D eigenvalue weighted by molar-refractivity contribution is -0.113. The number of para-hydroxylation sites is 1. The van der Waals surface area contributed by atoms with E-state index < -0.39 is 0 Å². The van der Waals surface area contributed by atoms with E-state index in [1.165, 1.54) is 17.3 Å². The Labute approximate surface area is 201 Å². The Morgan fingerprint density at radius 3 is 2.59 bits per heavy atom. The molecule has 5 aromatic rings. The van der Waals surface area contributed by atoms with Gasteiger partial charge in [-0.3, -0.25) is 9.36 Å². The molecular weight excluding hydrogens is 446 g/mol. The molecule has 0 fully saturated rings. The number of furan rings is 1. The van der Waals surface area contributed by atoms with Crippen LogP contribution in [0.25, 0.3) is 28.3 Å². The number of benzene rings is 2. The van der Waals surface area contributed by atoms with Crippen molar-refractivity contribution in [2.24, 2.45) is 7.05 Å². The molecule has 8 heteroatoms. The molecule has 0 radical (unpaired) electrons. The minimum atomic E-state index is -0.0921. The lowest BCUT2D eigenvalue weighted by Gasteiger charge is -2.13. The van der Waals surface area contributed by atoms with E-state index >= 15 is 0 Å². The van der Waals surface area contributed by atoms with Crippen molar-refractivity contribution in [1.82, 2.24) is 19.3 Å². The zero-order chi connectivity index (χ0) is 23.8. The van der Waals surface area contributed by atoms with Crippen LogP contribution in [-0.4, -0.2) is 31.0 Å². The third-order valence-electron chi connectivity index (χ3n) is 6.01. The molecule has 1 amide bonds. The normalized spacial score (nSPS) is 11.3. The van der Waals surface area contributed by atoms with Gasteiger partial charge in [0.05, 0.1) is 28.9 Å². The summed E-state index contributed by atoms with van der Waals surface area (Å²) < 4.78 is 9.64. The fourth-order valence-electron chi connectivity index (χ4n) is 3.97. The maximum atomic E-state index is 12.7. The number of nitrogens with one attached hydrogen (secondary N) is 1. The van der Waals surface area contributed by atoms with Gasteiger partial charge in [0.15, 0.2) is 16.6 Å². The van der Waals surface area contributed by atoms with Crippen molar-refractivity contribution < 1.29 is 9.21 Å². The summed E-state index contributed by atoms with van der Waals surface area (Å²) in [6, 6.07) is 17.9. The van der Waals surface area contributed by atoms with Gasteiger partial charge in [-0.2, -0.15) is 0 Å². The van der Waals surface area contributed by atoms with E-state index in [1.54, 1.807) is 6.26 Å². The first kappa shape index (κ1) is 22.0. The van der Waals surface area contributed by atoms with E-state index in [1.807, 2.05) is 71.6 Å². The third kappa shape index (κ3) is 4.01. The number of nitrogens with zero attached hydrogens (tertiary/aromatic N) is 4. The van der Waals surface area contributed by atoms with Gasteiger partial charge in [-0.05, 0) is 55.7 Å². The van der Waals surface area contributed by atoms with Gasteiger partial charge in [0, 0.05) is 24.9 Å². The van der Waals surface area contributed by atoms with Gasteiger partial charge in [-0.1, -0.05) is 36.0 Å². The number of anilines is 1. The summed E-state index contributed by atoms with van der Waals surface area (Å²) in [5, 5.41) is 12.6. The van der Waals surface area contributed by atoms with E-state index in [2.05, 4.69) is 35.4 Å². The van der Waals surface area contributed by atoms with Crippen molar-refractivity contribution in [3.8, 4) is 17.2 Å². The van der Waals surface area contributed by atoms with E-state index in [4.69, 9.17) is 4.42 Å². The zero-order valence-corrected chi connectivity index (χ0v) is 20.3. The van der Waals surface area contributed by atoms with E-state index in [-0.39, 0.29) is 11.7 Å². The number of thioether (sulfide) groups is 1. The van der Waals surface area contributed by atoms with Crippen LogP contribution in [0.4, 0.5) is 5.69 Å². The lowest BCUT2D eigenvalue weighted by Crippen LogP contribution is -2.15. The zero-order valence-electron chi connectivity index (χ0n) is 19.5. The summed E-state index contributed by atoms with van der Waals surface area (Å²) >= 11 is 1.36. The molecule has 0 saturated heterocycles. The van der Waals surface area contributed by atoms with Crippen LogP contribution in [0.15, 0.2) is 70.4 Å². The van der Waals surface area contributed by atoms with Gasteiger partial charge in [0.25, 0.3) is 0 Å². The van der Waals surface area contributed by atoms with Crippen LogP contribution < -0.4 is 5.32 Å². The Bertz CT molecular complexity index is 1510. The van der Waals surface area contributed by atoms with Crippen molar-refractivity contribution in [1.29, 1.82) is 0 Å². The van der Waals surface area contributed by atoms with Crippen molar-refractivity contribution in [2.45, 2.75) is 25.9 Å². The number of hydrogen-bond donors (Lipinski definition) is 1. The average Bonchev–Trinajstić information content (AvgIpc) is 3.51. The predicted octanol–water partition coefficient (Wildman–Crippen LogP) is 5.68. The molecule has 0 saturated carbocycles. The van der Waals surface area contributed by atoms with Crippen molar-refractivity contribution in [3.63, 3.8) is 0 Å². The summed E-state index contributed by atoms with van der Waals surface area (Å²) in [7, 11) is 1.98. The summed E-state index contributed by atoms with van der Waals surface area (Å²) in [6.45, 7) is 6.14. The molecule has 0 aliphatic heterocycles. The molecule has 2 aromatic carbocycles. The summed E-state index contributed by atoms with van der Waals surface area (Å²) in [5.41, 5.74) is 7.84. The van der Waals surface area contributed by atoms with Gasteiger partial charge in [0.2, 0.25) is 5.91 Å². The first-order valence-electron chi connectivity index (χ1n) is 11.0. The number of amides is 1. The summed E-state index contributed by atoms with van der Waals surface area (Å²) in [6.07, 6.45) is 1.68. The maximum Gasteiger partial charge on any atom is 0.234 e. The quantitative estimate of drug-likeness (QED) is 0.323. The van der Waals surface area contributed by atoms with Crippen LogP contribution in [-0.2, 0) is 11.8 Å². The average molecular weight is 472 g/mol. The molecule has 7 nitrogen and oxygen atoms in total. The first-order valence-corrected chi connectivity index (χ1v) is 12.0. The van der Waals surface area contributed by atoms with Crippen molar-refractivity contribution in [3.05, 3.63) is 77.6 Å². The Kier molecular flexibility index (Phi) is 5.75. The summed E-state index contributed by atoms with van der Waals surface area (Å²) in [4.78, 5) is 12.7. The molecule has 0 aliphatic rings. The molecule has 0 atom stereocenters. The van der Waals surface area contributed by atoms with Crippen LogP contribution >= 0.6 is 11.8 Å². The maximum absolute atomic E-state index is 12.7. The molecule has 0 spiro atoms. The van der Waals surface area contributed by atoms with Crippen molar-refractivity contribution in [2.75, 3.05) is 11.1 Å². The lowest BCUT2D eigenvalue weighted by atomic mass is 10.1. The van der Waals surface area contributed by atoms with Gasteiger partial charge in [-0.15, -0.1) is 10.2 Å². The highest BCUT2D eigenvalue weighted by Gasteiger charge is 2.22.